The van der Waals surface area contributed by atoms with E-state index in [9.17, 15) is 23.7 Å². The van der Waals surface area contributed by atoms with Crippen LogP contribution in [0, 0.1) is 0 Å². The van der Waals surface area contributed by atoms with E-state index in [2.05, 4.69) is 5.32 Å². The smallest absolute Gasteiger partial charge is 0.352 e. The average Bonchev–Trinajstić information content (AvgIpc) is 2.87. The Hall–Kier alpha value is -3.03. The van der Waals surface area contributed by atoms with Crippen molar-refractivity contribution in [3.05, 3.63) is 29.8 Å². The Morgan fingerprint density at radius 3 is 1.77 bits per heavy atom. The van der Waals surface area contributed by atoms with Gasteiger partial charge in [-0.3, -0.25) is 29.1 Å². The topological polar surface area (TPSA) is 171 Å². The number of hydrogen-bond donors (Lipinski definition) is 1. The summed E-state index contributed by atoms with van der Waals surface area (Å²) in [5.74, 6) is -3.69. The molecule has 1 fully saturated rings. The van der Waals surface area contributed by atoms with Crippen LogP contribution in [0.5, 0.6) is 5.75 Å². The van der Waals surface area contributed by atoms with Crippen molar-refractivity contribution < 1.29 is 61.2 Å². The number of carbonyl (C=O) groups excluding carboxylic acids is 4. The first-order chi connectivity index (χ1) is 20.1. The van der Waals surface area contributed by atoms with Crippen LogP contribution in [0.2, 0.25) is 0 Å². The van der Waals surface area contributed by atoms with Gasteiger partial charge in [-0.25, -0.2) is 0 Å². The van der Waals surface area contributed by atoms with Gasteiger partial charge in [-0.05, 0) is 45.4 Å². The largest absolute Gasteiger partial charge is 0.497 e. The fourth-order valence-corrected chi connectivity index (χ4v) is 6.78. The van der Waals surface area contributed by atoms with E-state index in [0.29, 0.717) is 11.3 Å². The molecule has 0 aliphatic carbocycles. The highest BCUT2D eigenvalue weighted by Gasteiger charge is 2.54. The number of rotatable bonds is 14. The van der Waals surface area contributed by atoms with Crippen LogP contribution in [0.15, 0.2) is 24.3 Å². The Labute approximate surface area is 251 Å². The highest BCUT2D eigenvalue weighted by Crippen LogP contribution is 2.61. The zero-order chi connectivity index (χ0) is 32.5. The lowest BCUT2D eigenvalue weighted by atomic mass is 9.95. The van der Waals surface area contributed by atoms with Gasteiger partial charge in [0.25, 0.3) is 0 Å². The molecule has 1 heterocycles. The number of esters is 4. The normalized spacial score (nSPS) is 22.9. The molecule has 14 nitrogen and oxygen atoms in total. The number of hydrogen-bond acceptors (Lipinski definition) is 14. The molecular weight excluding hydrogens is 589 g/mol. The van der Waals surface area contributed by atoms with E-state index in [1.54, 1.807) is 52.0 Å². The number of nitrogens with one attached hydrogen (secondary N) is 1. The summed E-state index contributed by atoms with van der Waals surface area (Å²) in [5, 5.41) is 3.13. The first-order valence-electron chi connectivity index (χ1n) is 13.7. The standard InChI is InChI=1S/C28H42NO13P/c1-15(2)41-43(34,42-16(3)4)27(21-10-12-22(35-9)13-11-21)29-24-26(38-19(7)32)25(37-18(6)31)23(14-36-17(5)30)40-28(24)39-20(8)33/h10-13,15-16,23-29H,14H2,1-9H3/t23-,24-,25-,26-,27-,28-/m1/s1. The van der Waals surface area contributed by atoms with Crippen molar-refractivity contribution in [3.8, 4) is 5.75 Å². The van der Waals surface area contributed by atoms with Gasteiger partial charge in [0.15, 0.2) is 12.2 Å². The first kappa shape index (κ1) is 36.2. The van der Waals surface area contributed by atoms with Crippen molar-refractivity contribution in [2.45, 2.75) is 104 Å². The molecular formula is C28H42NO13P. The summed E-state index contributed by atoms with van der Waals surface area (Å²) < 4.78 is 59.4. The van der Waals surface area contributed by atoms with Gasteiger partial charge in [-0.2, -0.15) is 0 Å². The zero-order valence-electron chi connectivity index (χ0n) is 25.9. The molecule has 0 radical (unpaired) electrons. The molecule has 1 saturated heterocycles. The maximum absolute atomic E-state index is 14.6. The van der Waals surface area contributed by atoms with E-state index in [0.717, 1.165) is 20.8 Å². The summed E-state index contributed by atoms with van der Waals surface area (Å²) in [5.41, 5.74) is 0.416. The van der Waals surface area contributed by atoms with Crippen LogP contribution >= 0.6 is 7.60 Å². The molecule has 2 rings (SSSR count). The van der Waals surface area contributed by atoms with Crippen molar-refractivity contribution in [1.29, 1.82) is 0 Å². The van der Waals surface area contributed by atoms with E-state index in [4.69, 9.17) is 37.5 Å². The quantitative estimate of drug-likeness (QED) is 0.180. The van der Waals surface area contributed by atoms with E-state index in [-0.39, 0.29) is 0 Å². The molecule has 1 aromatic carbocycles. The molecule has 0 unspecified atom stereocenters. The molecule has 1 aromatic rings. The van der Waals surface area contributed by atoms with E-state index >= 15 is 0 Å². The second-order valence-electron chi connectivity index (χ2n) is 10.3. The van der Waals surface area contributed by atoms with Gasteiger partial charge in [-0.15, -0.1) is 0 Å². The van der Waals surface area contributed by atoms with E-state index in [1.165, 1.54) is 14.0 Å². The minimum absolute atomic E-state index is 0.416. The molecule has 242 valence electrons. The molecule has 0 saturated carbocycles. The van der Waals surface area contributed by atoms with Crippen LogP contribution in [0.1, 0.15) is 66.7 Å². The zero-order valence-corrected chi connectivity index (χ0v) is 26.8. The maximum Gasteiger partial charge on any atom is 0.352 e. The summed E-state index contributed by atoms with van der Waals surface area (Å²) >= 11 is 0. The van der Waals surface area contributed by atoms with Gasteiger partial charge in [0.05, 0.1) is 19.3 Å². The van der Waals surface area contributed by atoms with Crippen LogP contribution in [0.25, 0.3) is 0 Å². The lowest BCUT2D eigenvalue weighted by Crippen LogP contribution is -2.66. The van der Waals surface area contributed by atoms with Gasteiger partial charge < -0.3 is 37.5 Å². The number of methoxy groups -OCH3 is 1. The first-order valence-corrected chi connectivity index (χ1v) is 15.3. The minimum atomic E-state index is -4.13. The number of ether oxygens (including phenoxy) is 6. The average molecular weight is 632 g/mol. The summed E-state index contributed by atoms with van der Waals surface area (Å²) in [7, 11) is -2.64. The number of carbonyl (C=O) groups is 4. The maximum atomic E-state index is 14.6. The Morgan fingerprint density at radius 2 is 1.33 bits per heavy atom. The Bertz CT molecular complexity index is 1140. The SMILES string of the molecule is COc1ccc([C@H](N[C@H]2[C@H](OC(C)=O)O[C@H](COC(C)=O)[C@@H](OC(C)=O)[C@@H]2OC(C)=O)P(=O)(OC(C)C)OC(C)C)cc1. The van der Waals surface area contributed by atoms with Crippen LogP contribution in [-0.2, 0) is 56.5 Å². The predicted molar refractivity (Wildman–Crippen MR) is 151 cm³/mol. The molecule has 1 aliphatic rings. The third-order valence-corrected chi connectivity index (χ3v) is 8.31. The molecule has 1 N–H and O–H groups in total. The fraction of sp³-hybridized carbons (Fsp3) is 0.643. The van der Waals surface area contributed by atoms with Crippen LogP contribution in [-0.4, -0.2) is 80.4 Å². The summed E-state index contributed by atoms with van der Waals surface area (Å²) in [6.45, 7) is 10.9. The van der Waals surface area contributed by atoms with Crippen molar-refractivity contribution >= 4 is 31.5 Å². The molecule has 0 amide bonds. The van der Waals surface area contributed by atoms with E-state index < -0.39 is 86.7 Å². The van der Waals surface area contributed by atoms with Gasteiger partial charge >= 0.3 is 31.5 Å². The lowest BCUT2D eigenvalue weighted by Gasteiger charge is -2.46. The second-order valence-corrected chi connectivity index (χ2v) is 12.3. The van der Waals surface area contributed by atoms with Gasteiger partial charge in [0, 0.05) is 27.7 Å². The molecule has 0 aromatic heterocycles. The minimum Gasteiger partial charge on any atom is -0.497 e. The predicted octanol–water partition coefficient (Wildman–Crippen LogP) is 3.41. The Balaban J connectivity index is 2.76. The van der Waals surface area contributed by atoms with Crippen molar-refractivity contribution in [2.24, 2.45) is 0 Å². The van der Waals surface area contributed by atoms with Crippen molar-refractivity contribution in [2.75, 3.05) is 13.7 Å². The molecule has 1 aliphatic heterocycles. The van der Waals surface area contributed by atoms with Crippen molar-refractivity contribution in [3.63, 3.8) is 0 Å². The van der Waals surface area contributed by atoms with Crippen LogP contribution < -0.4 is 10.1 Å². The third-order valence-electron chi connectivity index (χ3n) is 5.80. The van der Waals surface area contributed by atoms with Gasteiger partial charge in [0.2, 0.25) is 6.29 Å². The lowest BCUT2D eigenvalue weighted by molar-refractivity contribution is -0.272. The van der Waals surface area contributed by atoms with E-state index in [1.807, 2.05) is 0 Å². The molecule has 0 bridgehead atoms. The molecule has 15 heteroatoms. The second kappa shape index (κ2) is 16.2. The monoisotopic (exact) mass is 631 g/mol. The summed E-state index contributed by atoms with van der Waals surface area (Å²) in [4.78, 5) is 48.3. The highest BCUT2D eigenvalue weighted by molar-refractivity contribution is 7.54. The Kier molecular flexibility index (Phi) is 13.6. The third kappa shape index (κ3) is 10.9. The van der Waals surface area contributed by atoms with Gasteiger partial charge in [0.1, 0.15) is 30.3 Å². The molecule has 0 spiro atoms. The summed E-state index contributed by atoms with van der Waals surface area (Å²) in [6, 6.07) is 5.24. The van der Waals surface area contributed by atoms with Crippen LogP contribution in [0.4, 0.5) is 0 Å². The van der Waals surface area contributed by atoms with Gasteiger partial charge in [-0.1, -0.05) is 12.1 Å². The molecule has 6 atom stereocenters. The number of benzene rings is 1. The summed E-state index contributed by atoms with van der Waals surface area (Å²) in [6.07, 6.45) is -6.58. The van der Waals surface area contributed by atoms with Crippen LogP contribution in [0.3, 0.4) is 0 Å². The molecule has 43 heavy (non-hydrogen) atoms. The van der Waals surface area contributed by atoms with Crippen molar-refractivity contribution in [1.82, 2.24) is 5.32 Å². The fourth-order valence-electron chi connectivity index (χ4n) is 4.42. The highest BCUT2D eigenvalue weighted by atomic mass is 31.2. The Morgan fingerprint density at radius 1 is 0.814 bits per heavy atom.